The summed E-state index contributed by atoms with van der Waals surface area (Å²) in [7, 11) is 0. The van der Waals surface area contributed by atoms with E-state index >= 15 is 0 Å². The Kier molecular flexibility index (Phi) is 5.13. The molecule has 1 aliphatic rings. The van der Waals surface area contributed by atoms with Crippen LogP contribution in [0.25, 0.3) is 0 Å². The van der Waals surface area contributed by atoms with E-state index in [1.54, 1.807) is 0 Å². The van der Waals surface area contributed by atoms with Crippen LogP contribution in [0.3, 0.4) is 0 Å². The molecule has 1 aromatic rings. The molecule has 1 saturated carbocycles. The van der Waals surface area contributed by atoms with Gasteiger partial charge in [-0.25, -0.2) is 0 Å². The summed E-state index contributed by atoms with van der Waals surface area (Å²) in [4.78, 5) is 34.3. The Morgan fingerprint density at radius 1 is 1.41 bits per heavy atom. The number of rotatable bonds is 6. The second-order valence-electron chi connectivity index (χ2n) is 5.50. The largest absolute Gasteiger partial charge is 0.480 e. The minimum absolute atomic E-state index is 0.130. The number of carbonyl (C=O) groups excluding carboxylic acids is 2. The lowest BCUT2D eigenvalue weighted by Gasteiger charge is -2.22. The molecular weight excluding hydrogens is 288 g/mol. The zero-order valence-electron chi connectivity index (χ0n) is 12.4. The van der Waals surface area contributed by atoms with Gasteiger partial charge in [0.05, 0.1) is 0 Å². The molecule has 0 saturated heterocycles. The van der Waals surface area contributed by atoms with Crippen molar-refractivity contribution in [1.29, 1.82) is 0 Å². The first-order valence-electron chi connectivity index (χ1n) is 7.29. The highest BCUT2D eigenvalue weighted by Crippen LogP contribution is 2.28. The van der Waals surface area contributed by atoms with Crippen LogP contribution in [0.5, 0.6) is 0 Å². The Labute approximate surface area is 127 Å². The smallest absolute Gasteiger partial charge is 0.325 e. The molecule has 2 rings (SSSR count). The van der Waals surface area contributed by atoms with Gasteiger partial charge in [-0.2, -0.15) is 5.10 Å². The van der Waals surface area contributed by atoms with Crippen molar-refractivity contribution in [3.63, 3.8) is 0 Å². The van der Waals surface area contributed by atoms with Crippen LogP contribution in [0, 0.1) is 5.92 Å². The second kappa shape index (κ2) is 7.06. The molecular formula is C14H20N4O4. The standard InChI is InChI=1S/C14H20N4O4/c1-9(19)15-13(10-4-2-3-5-10)14(22)16-11-6-7-18(17-11)8-12(20)21/h6-7,10,13H,2-5,8H2,1H3,(H,15,19)(H,20,21)(H,16,17,22). The summed E-state index contributed by atoms with van der Waals surface area (Å²) in [6.07, 6.45) is 5.41. The molecule has 1 unspecified atom stereocenters. The van der Waals surface area contributed by atoms with Gasteiger partial charge in [-0.3, -0.25) is 19.1 Å². The van der Waals surface area contributed by atoms with E-state index in [0.29, 0.717) is 0 Å². The number of amides is 2. The van der Waals surface area contributed by atoms with Gasteiger partial charge < -0.3 is 15.7 Å². The first-order valence-corrected chi connectivity index (χ1v) is 7.29. The van der Waals surface area contributed by atoms with Crippen LogP contribution >= 0.6 is 0 Å². The number of aromatic nitrogens is 2. The molecule has 1 aromatic heterocycles. The van der Waals surface area contributed by atoms with Gasteiger partial charge >= 0.3 is 5.97 Å². The minimum Gasteiger partial charge on any atom is -0.480 e. The van der Waals surface area contributed by atoms with Crippen LogP contribution in [-0.2, 0) is 20.9 Å². The van der Waals surface area contributed by atoms with Gasteiger partial charge in [0, 0.05) is 19.2 Å². The lowest BCUT2D eigenvalue weighted by atomic mass is 9.97. The Bertz CT molecular complexity index is 563. The maximum absolute atomic E-state index is 12.4. The third-order valence-corrected chi connectivity index (χ3v) is 3.70. The molecule has 120 valence electrons. The number of carboxylic acids is 1. The topological polar surface area (TPSA) is 113 Å². The predicted molar refractivity (Wildman–Crippen MR) is 78.1 cm³/mol. The molecule has 8 nitrogen and oxygen atoms in total. The fourth-order valence-electron chi connectivity index (χ4n) is 2.77. The highest BCUT2D eigenvalue weighted by molar-refractivity contribution is 5.96. The zero-order chi connectivity index (χ0) is 16.1. The van der Waals surface area contributed by atoms with Crippen LogP contribution in [0.15, 0.2) is 12.3 Å². The molecule has 0 spiro atoms. The van der Waals surface area contributed by atoms with E-state index in [1.807, 2.05) is 0 Å². The molecule has 0 aliphatic heterocycles. The fraction of sp³-hybridized carbons (Fsp3) is 0.571. The molecule has 2 amide bonds. The highest BCUT2D eigenvalue weighted by Gasteiger charge is 2.31. The summed E-state index contributed by atoms with van der Waals surface area (Å²) in [5, 5.41) is 18.0. The minimum atomic E-state index is -1.01. The third kappa shape index (κ3) is 4.31. The van der Waals surface area contributed by atoms with Crippen molar-refractivity contribution in [3.8, 4) is 0 Å². The molecule has 0 aromatic carbocycles. The first-order chi connectivity index (χ1) is 10.5. The van der Waals surface area contributed by atoms with Gasteiger partial charge in [-0.05, 0) is 18.8 Å². The van der Waals surface area contributed by atoms with Crippen LogP contribution < -0.4 is 10.6 Å². The van der Waals surface area contributed by atoms with Crippen LogP contribution in [0.2, 0.25) is 0 Å². The van der Waals surface area contributed by atoms with Crippen molar-refractivity contribution >= 4 is 23.6 Å². The van der Waals surface area contributed by atoms with E-state index in [9.17, 15) is 14.4 Å². The third-order valence-electron chi connectivity index (χ3n) is 3.70. The first kappa shape index (κ1) is 16.0. The van der Waals surface area contributed by atoms with E-state index in [4.69, 9.17) is 5.11 Å². The van der Waals surface area contributed by atoms with Crippen molar-refractivity contribution in [2.24, 2.45) is 5.92 Å². The predicted octanol–water partition coefficient (Wildman–Crippen LogP) is 0.601. The maximum Gasteiger partial charge on any atom is 0.325 e. The zero-order valence-corrected chi connectivity index (χ0v) is 12.4. The number of carbonyl (C=O) groups is 3. The average Bonchev–Trinajstić information content (AvgIpc) is 3.06. The van der Waals surface area contributed by atoms with Crippen LogP contribution in [0.4, 0.5) is 5.82 Å². The van der Waals surface area contributed by atoms with E-state index in [-0.39, 0.29) is 30.1 Å². The number of hydrogen-bond acceptors (Lipinski definition) is 4. The summed E-state index contributed by atoms with van der Waals surface area (Å²) < 4.78 is 1.22. The SMILES string of the molecule is CC(=O)NC(C(=O)Nc1ccn(CC(=O)O)n1)C1CCCC1. The van der Waals surface area contributed by atoms with Crippen LogP contribution in [0.1, 0.15) is 32.6 Å². The van der Waals surface area contributed by atoms with Gasteiger partial charge in [-0.1, -0.05) is 12.8 Å². The Morgan fingerprint density at radius 2 is 2.09 bits per heavy atom. The van der Waals surface area contributed by atoms with E-state index < -0.39 is 12.0 Å². The fourth-order valence-corrected chi connectivity index (χ4v) is 2.77. The number of nitrogens with one attached hydrogen (secondary N) is 2. The quantitative estimate of drug-likeness (QED) is 0.712. The van der Waals surface area contributed by atoms with Crippen LogP contribution in [-0.4, -0.2) is 38.7 Å². The van der Waals surface area contributed by atoms with Gasteiger partial charge in [0.15, 0.2) is 5.82 Å². The lowest BCUT2D eigenvalue weighted by Crippen LogP contribution is -2.47. The number of aliphatic carboxylic acids is 1. The van der Waals surface area contributed by atoms with Crippen molar-refractivity contribution in [2.75, 3.05) is 5.32 Å². The van der Waals surface area contributed by atoms with Crippen molar-refractivity contribution in [3.05, 3.63) is 12.3 Å². The average molecular weight is 308 g/mol. The lowest BCUT2D eigenvalue weighted by molar-refractivity contribution is -0.137. The second-order valence-corrected chi connectivity index (χ2v) is 5.50. The summed E-state index contributed by atoms with van der Waals surface area (Å²) >= 11 is 0. The van der Waals surface area contributed by atoms with Gasteiger partial charge in [-0.15, -0.1) is 0 Å². The molecule has 1 atom stereocenters. The number of nitrogens with zero attached hydrogens (tertiary/aromatic N) is 2. The summed E-state index contributed by atoms with van der Waals surface area (Å²) in [5.74, 6) is -1.17. The van der Waals surface area contributed by atoms with E-state index in [0.717, 1.165) is 25.7 Å². The summed E-state index contributed by atoms with van der Waals surface area (Å²) in [6, 6.07) is 0.949. The van der Waals surface area contributed by atoms with E-state index in [1.165, 1.54) is 23.9 Å². The Morgan fingerprint density at radius 3 is 2.68 bits per heavy atom. The summed E-state index contributed by atoms with van der Waals surface area (Å²) in [6.45, 7) is 1.12. The Balaban J connectivity index is 2.01. The Hall–Kier alpha value is -2.38. The molecule has 0 bridgehead atoms. The maximum atomic E-state index is 12.4. The normalized spacial score (nSPS) is 16.2. The van der Waals surface area contributed by atoms with Crippen molar-refractivity contribution in [2.45, 2.75) is 45.2 Å². The van der Waals surface area contributed by atoms with Gasteiger partial charge in [0.1, 0.15) is 12.6 Å². The number of carboxylic acid groups (broad SMARTS) is 1. The van der Waals surface area contributed by atoms with Gasteiger partial charge in [0.25, 0.3) is 0 Å². The van der Waals surface area contributed by atoms with Crippen molar-refractivity contribution in [1.82, 2.24) is 15.1 Å². The molecule has 1 aliphatic carbocycles. The number of anilines is 1. The molecule has 0 radical (unpaired) electrons. The van der Waals surface area contributed by atoms with E-state index in [2.05, 4.69) is 15.7 Å². The monoisotopic (exact) mass is 308 g/mol. The molecule has 8 heteroatoms. The number of hydrogen-bond donors (Lipinski definition) is 3. The van der Waals surface area contributed by atoms with Crippen molar-refractivity contribution < 1.29 is 19.5 Å². The van der Waals surface area contributed by atoms with Gasteiger partial charge in [0.2, 0.25) is 11.8 Å². The molecule has 3 N–H and O–H groups in total. The molecule has 1 heterocycles. The molecule has 22 heavy (non-hydrogen) atoms. The molecule has 1 fully saturated rings. The summed E-state index contributed by atoms with van der Waals surface area (Å²) in [5.41, 5.74) is 0. The highest BCUT2D eigenvalue weighted by atomic mass is 16.4.